The van der Waals surface area contributed by atoms with Gasteiger partial charge in [0, 0.05) is 44.5 Å². The number of hydrogen-bond acceptors (Lipinski definition) is 4. The molecule has 0 unspecified atom stereocenters. The lowest BCUT2D eigenvalue weighted by atomic mass is 10.2. The quantitative estimate of drug-likeness (QED) is 0.908. The van der Waals surface area contributed by atoms with Crippen LogP contribution < -0.4 is 5.32 Å². The van der Waals surface area contributed by atoms with Crippen LogP contribution in [-0.4, -0.2) is 55.1 Å². The Morgan fingerprint density at radius 2 is 2.05 bits per heavy atom. The molecule has 1 N–H and O–H groups in total. The van der Waals surface area contributed by atoms with Gasteiger partial charge < -0.3 is 10.2 Å². The number of benzene rings is 1. The van der Waals surface area contributed by atoms with Crippen LogP contribution in [0.1, 0.15) is 19.4 Å². The molecule has 0 radical (unpaired) electrons. The van der Waals surface area contributed by atoms with Crippen molar-refractivity contribution in [2.75, 3.05) is 44.6 Å². The van der Waals surface area contributed by atoms with Crippen LogP contribution in [0.2, 0.25) is 5.02 Å². The second-order valence-corrected chi connectivity index (χ2v) is 5.91. The molecule has 0 aliphatic carbocycles. The molecular formula is C16H23ClN4. The predicted molar refractivity (Wildman–Crippen MR) is 87.8 cm³/mol. The van der Waals surface area contributed by atoms with Crippen LogP contribution in [-0.2, 0) is 0 Å². The SMILES string of the molecule is CCN1CCN([C@H](C)CNc2ccc(C#N)c(Cl)c2)CC1. The molecule has 1 atom stereocenters. The first-order chi connectivity index (χ1) is 10.1. The highest BCUT2D eigenvalue weighted by Crippen LogP contribution is 2.20. The molecule has 1 aliphatic rings. The zero-order valence-corrected chi connectivity index (χ0v) is 13.5. The summed E-state index contributed by atoms with van der Waals surface area (Å²) in [6.07, 6.45) is 0. The Hall–Kier alpha value is -1.28. The summed E-state index contributed by atoms with van der Waals surface area (Å²) in [5.74, 6) is 0. The Bertz CT molecular complexity index is 503. The third-order valence-corrected chi connectivity index (χ3v) is 4.48. The summed E-state index contributed by atoms with van der Waals surface area (Å²) in [5.41, 5.74) is 1.49. The number of nitriles is 1. The Labute approximate surface area is 132 Å². The topological polar surface area (TPSA) is 42.3 Å². The third-order valence-electron chi connectivity index (χ3n) is 4.17. The molecule has 1 aliphatic heterocycles. The van der Waals surface area contributed by atoms with Crippen molar-refractivity contribution in [1.82, 2.24) is 9.80 Å². The zero-order chi connectivity index (χ0) is 15.2. The molecular weight excluding hydrogens is 284 g/mol. The van der Waals surface area contributed by atoms with E-state index in [9.17, 15) is 0 Å². The van der Waals surface area contributed by atoms with Crippen molar-refractivity contribution >= 4 is 17.3 Å². The van der Waals surface area contributed by atoms with E-state index in [4.69, 9.17) is 16.9 Å². The number of anilines is 1. The Kier molecular flexibility index (Phi) is 5.86. The average molecular weight is 307 g/mol. The van der Waals surface area contributed by atoms with Crippen LogP contribution >= 0.6 is 11.6 Å². The molecule has 1 heterocycles. The van der Waals surface area contributed by atoms with Crippen molar-refractivity contribution in [3.05, 3.63) is 28.8 Å². The maximum atomic E-state index is 8.87. The van der Waals surface area contributed by atoms with Crippen LogP contribution in [0.3, 0.4) is 0 Å². The average Bonchev–Trinajstić information content (AvgIpc) is 2.52. The molecule has 1 fully saturated rings. The summed E-state index contributed by atoms with van der Waals surface area (Å²) < 4.78 is 0. The standard InChI is InChI=1S/C16H23ClN4/c1-3-20-6-8-21(9-7-20)13(2)12-19-15-5-4-14(11-18)16(17)10-15/h4-5,10,13,19H,3,6-9,12H2,1-2H3/t13-/m1/s1. The van der Waals surface area contributed by atoms with Gasteiger partial charge in [0.2, 0.25) is 0 Å². The van der Waals surface area contributed by atoms with Gasteiger partial charge in [-0.15, -0.1) is 0 Å². The van der Waals surface area contributed by atoms with E-state index < -0.39 is 0 Å². The van der Waals surface area contributed by atoms with Gasteiger partial charge in [0.15, 0.2) is 0 Å². The van der Waals surface area contributed by atoms with Crippen LogP contribution in [0.5, 0.6) is 0 Å². The van der Waals surface area contributed by atoms with E-state index in [0.717, 1.165) is 45.0 Å². The largest absolute Gasteiger partial charge is 0.383 e. The van der Waals surface area contributed by atoms with Gasteiger partial charge >= 0.3 is 0 Å². The summed E-state index contributed by atoms with van der Waals surface area (Å²) >= 11 is 6.05. The number of nitrogens with one attached hydrogen (secondary N) is 1. The lowest BCUT2D eigenvalue weighted by Gasteiger charge is -2.37. The van der Waals surface area contributed by atoms with Gasteiger partial charge in [-0.1, -0.05) is 18.5 Å². The molecule has 1 aromatic rings. The summed E-state index contributed by atoms with van der Waals surface area (Å²) in [5, 5.41) is 12.8. The highest BCUT2D eigenvalue weighted by atomic mass is 35.5. The van der Waals surface area contributed by atoms with Gasteiger partial charge in [-0.25, -0.2) is 0 Å². The van der Waals surface area contributed by atoms with Gasteiger partial charge in [0.1, 0.15) is 6.07 Å². The highest BCUT2D eigenvalue weighted by Gasteiger charge is 2.19. The van der Waals surface area contributed by atoms with Gasteiger partial charge in [-0.05, 0) is 31.7 Å². The number of rotatable bonds is 5. The summed E-state index contributed by atoms with van der Waals surface area (Å²) in [7, 11) is 0. The Morgan fingerprint density at radius 3 is 2.62 bits per heavy atom. The van der Waals surface area contributed by atoms with E-state index in [0.29, 0.717) is 16.6 Å². The smallest absolute Gasteiger partial charge is 0.101 e. The molecule has 2 rings (SSSR count). The fourth-order valence-electron chi connectivity index (χ4n) is 2.63. The zero-order valence-electron chi connectivity index (χ0n) is 12.8. The highest BCUT2D eigenvalue weighted by molar-refractivity contribution is 6.32. The Morgan fingerprint density at radius 1 is 1.33 bits per heavy atom. The molecule has 0 bridgehead atoms. The fraction of sp³-hybridized carbons (Fsp3) is 0.562. The normalized spacial score (nSPS) is 18.2. The van der Waals surface area contributed by atoms with Crippen molar-refractivity contribution in [3.8, 4) is 6.07 Å². The molecule has 5 heteroatoms. The lowest BCUT2D eigenvalue weighted by molar-refractivity contribution is 0.110. The third kappa shape index (κ3) is 4.34. The summed E-state index contributed by atoms with van der Waals surface area (Å²) in [6, 6.07) is 8.05. The molecule has 0 spiro atoms. The second kappa shape index (κ2) is 7.65. The van der Waals surface area contributed by atoms with Crippen molar-refractivity contribution in [2.45, 2.75) is 19.9 Å². The van der Waals surface area contributed by atoms with Crippen LogP contribution in [0, 0.1) is 11.3 Å². The van der Waals surface area contributed by atoms with Crippen molar-refractivity contribution in [1.29, 1.82) is 5.26 Å². The molecule has 0 aromatic heterocycles. The summed E-state index contributed by atoms with van der Waals surface area (Å²) in [4.78, 5) is 5.00. The van der Waals surface area contributed by atoms with E-state index in [1.54, 1.807) is 6.07 Å². The molecule has 114 valence electrons. The first kappa shape index (κ1) is 16.1. The first-order valence-corrected chi connectivity index (χ1v) is 7.91. The number of hydrogen-bond donors (Lipinski definition) is 1. The van der Waals surface area contributed by atoms with Crippen LogP contribution in [0.25, 0.3) is 0 Å². The molecule has 0 amide bonds. The van der Waals surface area contributed by atoms with Crippen molar-refractivity contribution in [3.63, 3.8) is 0 Å². The predicted octanol–water partition coefficient (Wildman–Crippen LogP) is 2.65. The number of nitrogens with zero attached hydrogens (tertiary/aromatic N) is 3. The molecule has 1 saturated heterocycles. The van der Waals surface area contributed by atoms with Crippen LogP contribution in [0.4, 0.5) is 5.69 Å². The van der Waals surface area contributed by atoms with Gasteiger partial charge in [0.05, 0.1) is 10.6 Å². The maximum absolute atomic E-state index is 8.87. The monoisotopic (exact) mass is 306 g/mol. The van der Waals surface area contributed by atoms with Crippen molar-refractivity contribution in [2.24, 2.45) is 0 Å². The Balaban J connectivity index is 1.83. The van der Waals surface area contributed by atoms with Gasteiger partial charge in [-0.3, -0.25) is 4.90 Å². The minimum Gasteiger partial charge on any atom is -0.383 e. The molecule has 0 saturated carbocycles. The number of likely N-dealkylation sites (N-methyl/N-ethyl adjacent to an activating group) is 1. The molecule has 1 aromatic carbocycles. The molecule has 21 heavy (non-hydrogen) atoms. The first-order valence-electron chi connectivity index (χ1n) is 7.54. The number of piperazine rings is 1. The summed E-state index contributed by atoms with van der Waals surface area (Å²) in [6.45, 7) is 11.1. The minimum absolute atomic E-state index is 0.485. The van der Waals surface area contributed by atoms with E-state index in [1.165, 1.54) is 0 Å². The van der Waals surface area contributed by atoms with Gasteiger partial charge in [-0.2, -0.15) is 5.26 Å². The fourth-order valence-corrected chi connectivity index (χ4v) is 2.85. The van der Waals surface area contributed by atoms with Crippen molar-refractivity contribution < 1.29 is 0 Å². The van der Waals surface area contributed by atoms with Gasteiger partial charge in [0.25, 0.3) is 0 Å². The number of halogens is 1. The molecule has 4 nitrogen and oxygen atoms in total. The second-order valence-electron chi connectivity index (χ2n) is 5.51. The van der Waals surface area contributed by atoms with E-state index in [-0.39, 0.29) is 0 Å². The maximum Gasteiger partial charge on any atom is 0.101 e. The van der Waals surface area contributed by atoms with Crippen LogP contribution in [0.15, 0.2) is 18.2 Å². The van der Waals surface area contributed by atoms with E-state index in [1.807, 2.05) is 12.1 Å². The lowest BCUT2D eigenvalue weighted by Crippen LogP contribution is -2.50. The minimum atomic E-state index is 0.485. The van der Waals surface area contributed by atoms with E-state index >= 15 is 0 Å². The van der Waals surface area contributed by atoms with E-state index in [2.05, 4.69) is 35.0 Å².